The molecule has 2 atom stereocenters. The van der Waals surface area contributed by atoms with Crippen LogP contribution in [0.2, 0.25) is 0 Å². The predicted molar refractivity (Wildman–Crippen MR) is 58.4 cm³/mol. The van der Waals surface area contributed by atoms with Gasteiger partial charge in [0.05, 0.1) is 5.38 Å². The van der Waals surface area contributed by atoms with E-state index in [-0.39, 0.29) is 0 Å². The van der Waals surface area contributed by atoms with Gasteiger partial charge >= 0.3 is 5.97 Å². The molecule has 0 aliphatic carbocycles. The Morgan fingerprint density at radius 3 is 2.40 bits per heavy atom. The number of aliphatic carboxylic acids is 1. The molecule has 0 radical (unpaired) electrons. The zero-order valence-electron chi connectivity index (χ0n) is 8.61. The number of carboxylic acid groups (broad SMARTS) is 1. The molecule has 0 amide bonds. The summed E-state index contributed by atoms with van der Waals surface area (Å²) in [4.78, 5) is 11.1. The molecule has 0 aromatic heterocycles. The normalized spacial score (nSPS) is 16.5. The minimum absolute atomic E-state index is 0.495. The fourth-order valence-electron chi connectivity index (χ4n) is 1.03. The molecule has 4 heteroatoms. The zero-order chi connectivity index (χ0) is 11.5. The van der Waals surface area contributed by atoms with Gasteiger partial charge in [-0.15, -0.1) is 11.6 Å². The van der Waals surface area contributed by atoms with Gasteiger partial charge in [-0.25, -0.2) is 4.79 Å². The second-order valence-corrected chi connectivity index (χ2v) is 4.10. The Morgan fingerprint density at radius 1 is 1.47 bits per heavy atom. The summed E-state index contributed by atoms with van der Waals surface area (Å²) < 4.78 is 5.39. The fraction of sp³-hybridized carbons (Fsp3) is 0.364. The third-order valence-corrected chi connectivity index (χ3v) is 2.67. The van der Waals surface area contributed by atoms with E-state index in [0.29, 0.717) is 5.75 Å². The number of carboxylic acids is 1. The van der Waals surface area contributed by atoms with E-state index in [1.165, 1.54) is 6.92 Å². The zero-order valence-corrected chi connectivity index (χ0v) is 9.36. The average Bonchev–Trinajstić information content (AvgIpc) is 2.18. The third kappa shape index (κ3) is 2.63. The lowest BCUT2D eigenvalue weighted by Crippen LogP contribution is -2.48. The van der Waals surface area contributed by atoms with Gasteiger partial charge in [0.15, 0.2) is 0 Å². The van der Waals surface area contributed by atoms with Gasteiger partial charge in [0.1, 0.15) is 5.75 Å². The average molecular weight is 229 g/mol. The maximum absolute atomic E-state index is 11.1. The van der Waals surface area contributed by atoms with Gasteiger partial charge in [-0.2, -0.15) is 0 Å². The Hall–Kier alpha value is -1.22. The van der Waals surface area contributed by atoms with Crippen molar-refractivity contribution < 1.29 is 14.6 Å². The van der Waals surface area contributed by atoms with Crippen LogP contribution in [0.4, 0.5) is 0 Å². The van der Waals surface area contributed by atoms with Crippen LogP contribution in [0.1, 0.15) is 13.8 Å². The quantitative estimate of drug-likeness (QED) is 0.806. The molecular weight excluding hydrogens is 216 g/mol. The van der Waals surface area contributed by atoms with E-state index in [2.05, 4.69) is 0 Å². The fourth-order valence-corrected chi connectivity index (χ4v) is 1.17. The highest BCUT2D eigenvalue weighted by atomic mass is 35.5. The van der Waals surface area contributed by atoms with Crippen LogP contribution in [0, 0.1) is 0 Å². The first-order valence-corrected chi connectivity index (χ1v) is 5.02. The highest BCUT2D eigenvalue weighted by Crippen LogP contribution is 2.24. The number of hydrogen-bond acceptors (Lipinski definition) is 2. The Bertz CT molecular complexity index is 337. The minimum Gasteiger partial charge on any atom is -0.478 e. The summed E-state index contributed by atoms with van der Waals surface area (Å²) in [6.45, 7) is 3.05. The summed E-state index contributed by atoms with van der Waals surface area (Å²) in [5.41, 5.74) is -1.41. The van der Waals surface area contributed by atoms with Crippen molar-refractivity contribution in [2.75, 3.05) is 0 Å². The predicted octanol–water partition coefficient (Wildman–Crippen LogP) is 2.54. The van der Waals surface area contributed by atoms with Crippen molar-refractivity contribution in [3.8, 4) is 5.75 Å². The molecule has 0 saturated carbocycles. The SMILES string of the molecule is CC(Cl)C(C)(Oc1ccccc1)C(=O)O. The number of benzene rings is 1. The van der Waals surface area contributed by atoms with Crippen LogP contribution < -0.4 is 4.74 Å². The van der Waals surface area contributed by atoms with Gasteiger partial charge in [0, 0.05) is 0 Å². The first-order valence-electron chi connectivity index (χ1n) is 4.58. The smallest absolute Gasteiger partial charge is 0.349 e. The molecule has 1 rings (SSSR count). The van der Waals surface area contributed by atoms with Gasteiger partial charge < -0.3 is 9.84 Å². The number of ether oxygens (including phenoxy) is 1. The molecule has 0 spiro atoms. The van der Waals surface area contributed by atoms with E-state index in [1.807, 2.05) is 6.07 Å². The molecule has 0 aliphatic rings. The highest BCUT2D eigenvalue weighted by molar-refractivity contribution is 6.22. The number of carbonyl (C=O) groups is 1. The topological polar surface area (TPSA) is 46.5 Å². The molecule has 1 aromatic rings. The van der Waals surface area contributed by atoms with Crippen LogP contribution in [0.5, 0.6) is 5.75 Å². The first-order chi connectivity index (χ1) is 6.97. The second-order valence-electron chi connectivity index (χ2n) is 3.44. The molecule has 0 aliphatic heterocycles. The molecule has 3 nitrogen and oxygen atoms in total. The molecular formula is C11H13ClO3. The number of para-hydroxylation sites is 1. The molecule has 0 fully saturated rings. The molecule has 15 heavy (non-hydrogen) atoms. The summed E-state index contributed by atoms with van der Waals surface area (Å²) in [6, 6.07) is 8.77. The lowest BCUT2D eigenvalue weighted by atomic mass is 10.0. The summed E-state index contributed by atoms with van der Waals surface area (Å²) >= 11 is 5.82. The molecule has 82 valence electrons. The van der Waals surface area contributed by atoms with E-state index in [1.54, 1.807) is 31.2 Å². The van der Waals surface area contributed by atoms with Crippen LogP contribution >= 0.6 is 11.6 Å². The van der Waals surface area contributed by atoms with Gasteiger partial charge in [0.25, 0.3) is 0 Å². The summed E-state index contributed by atoms with van der Waals surface area (Å²) in [5.74, 6) is -0.580. The number of hydrogen-bond donors (Lipinski definition) is 1. The second kappa shape index (κ2) is 4.53. The van der Waals surface area contributed by atoms with Crippen LogP contribution in [0.15, 0.2) is 30.3 Å². The van der Waals surface area contributed by atoms with Crippen molar-refractivity contribution in [1.29, 1.82) is 0 Å². The van der Waals surface area contributed by atoms with Gasteiger partial charge in [-0.1, -0.05) is 18.2 Å². The van der Waals surface area contributed by atoms with Crippen molar-refractivity contribution in [2.24, 2.45) is 0 Å². The maximum Gasteiger partial charge on any atom is 0.349 e. The largest absolute Gasteiger partial charge is 0.478 e. The standard InChI is InChI=1S/C11H13ClO3/c1-8(12)11(2,10(13)14)15-9-6-4-3-5-7-9/h3-8H,1-2H3,(H,13,14). The minimum atomic E-state index is -1.41. The van der Waals surface area contributed by atoms with Gasteiger partial charge in [0.2, 0.25) is 5.60 Å². The Kier molecular flexibility index (Phi) is 3.58. The maximum atomic E-state index is 11.1. The van der Waals surface area contributed by atoms with E-state index < -0.39 is 16.9 Å². The van der Waals surface area contributed by atoms with E-state index in [0.717, 1.165) is 0 Å². The van der Waals surface area contributed by atoms with Crippen molar-refractivity contribution in [3.05, 3.63) is 30.3 Å². The van der Waals surface area contributed by atoms with Crippen LogP contribution in [0.3, 0.4) is 0 Å². The number of halogens is 1. The lowest BCUT2D eigenvalue weighted by Gasteiger charge is -2.28. The van der Waals surface area contributed by atoms with E-state index in [9.17, 15) is 4.79 Å². The van der Waals surface area contributed by atoms with Crippen molar-refractivity contribution in [1.82, 2.24) is 0 Å². The van der Waals surface area contributed by atoms with Crippen LogP contribution in [-0.2, 0) is 4.79 Å². The Balaban J connectivity index is 2.90. The lowest BCUT2D eigenvalue weighted by molar-refractivity contribution is -0.153. The summed E-state index contributed by atoms with van der Waals surface area (Å²) in [6.07, 6.45) is 0. The Labute approximate surface area is 93.6 Å². The molecule has 0 heterocycles. The van der Waals surface area contributed by atoms with E-state index >= 15 is 0 Å². The molecule has 1 N–H and O–H groups in total. The first kappa shape index (κ1) is 11.9. The van der Waals surface area contributed by atoms with Crippen molar-refractivity contribution in [3.63, 3.8) is 0 Å². The Morgan fingerprint density at radius 2 is 2.00 bits per heavy atom. The van der Waals surface area contributed by atoms with Crippen molar-refractivity contribution in [2.45, 2.75) is 24.8 Å². The molecule has 1 aromatic carbocycles. The molecule has 2 unspecified atom stereocenters. The summed E-state index contributed by atoms with van der Waals surface area (Å²) in [7, 11) is 0. The van der Waals surface area contributed by atoms with Crippen molar-refractivity contribution >= 4 is 17.6 Å². The van der Waals surface area contributed by atoms with Gasteiger partial charge in [-0.3, -0.25) is 0 Å². The third-order valence-electron chi connectivity index (χ3n) is 2.26. The van der Waals surface area contributed by atoms with E-state index in [4.69, 9.17) is 21.4 Å². The van der Waals surface area contributed by atoms with Crippen LogP contribution in [-0.4, -0.2) is 22.1 Å². The van der Waals surface area contributed by atoms with Crippen LogP contribution in [0.25, 0.3) is 0 Å². The number of alkyl halides is 1. The van der Waals surface area contributed by atoms with Gasteiger partial charge in [-0.05, 0) is 26.0 Å². The number of rotatable bonds is 4. The monoisotopic (exact) mass is 228 g/mol. The molecule has 0 bridgehead atoms. The summed E-state index contributed by atoms with van der Waals surface area (Å²) in [5, 5.41) is 8.43. The molecule has 0 saturated heterocycles. The highest BCUT2D eigenvalue weighted by Gasteiger charge is 2.40.